The lowest BCUT2D eigenvalue weighted by atomic mass is 10.2. The van der Waals surface area contributed by atoms with Crippen molar-refractivity contribution in [3.8, 4) is 0 Å². The average Bonchev–Trinajstić information content (AvgIpc) is 3.32. The molecule has 1 amide bonds. The fourth-order valence-electron chi connectivity index (χ4n) is 2.49. The van der Waals surface area contributed by atoms with Gasteiger partial charge >= 0.3 is 0 Å². The second kappa shape index (κ2) is 6.20. The lowest BCUT2D eigenvalue weighted by Gasteiger charge is -2.08. The first-order valence-electron chi connectivity index (χ1n) is 7.77. The van der Waals surface area contributed by atoms with E-state index in [1.54, 1.807) is 4.68 Å². The molecule has 7 nitrogen and oxygen atoms in total. The molecule has 1 fully saturated rings. The molecule has 2 aromatic heterocycles. The quantitative estimate of drug-likeness (QED) is 0.719. The number of nitrogens with zero attached hydrogens (tertiary/aromatic N) is 5. The maximum Gasteiger partial charge on any atom is 0.234 e. The molecule has 2 heterocycles. The Morgan fingerprint density at radius 3 is 3.04 bits per heavy atom. The van der Waals surface area contributed by atoms with Crippen LogP contribution in [0.4, 0.5) is 5.69 Å². The van der Waals surface area contributed by atoms with E-state index in [-0.39, 0.29) is 11.7 Å². The van der Waals surface area contributed by atoms with Crippen LogP contribution in [-0.4, -0.2) is 36.9 Å². The number of amides is 1. The van der Waals surface area contributed by atoms with Gasteiger partial charge in [0, 0.05) is 11.1 Å². The predicted octanol–water partition coefficient (Wildman–Crippen LogP) is 2.60. The van der Waals surface area contributed by atoms with Crippen LogP contribution >= 0.6 is 11.8 Å². The summed E-state index contributed by atoms with van der Waals surface area (Å²) < 4.78 is 1.81. The number of thioether (sulfide) groups is 1. The Hall–Kier alpha value is -2.48. The molecule has 1 saturated carbocycles. The number of pyridine rings is 1. The van der Waals surface area contributed by atoms with Gasteiger partial charge in [-0.2, -0.15) is 0 Å². The number of carbonyl (C=O) groups is 1. The van der Waals surface area contributed by atoms with Crippen molar-refractivity contribution < 1.29 is 4.79 Å². The number of nitrogens with one attached hydrogen (secondary N) is 1. The molecule has 0 unspecified atom stereocenters. The second-order valence-electron chi connectivity index (χ2n) is 5.80. The Balaban J connectivity index is 1.46. The van der Waals surface area contributed by atoms with Crippen LogP contribution in [0, 0.1) is 6.92 Å². The van der Waals surface area contributed by atoms with Crippen molar-refractivity contribution in [1.29, 1.82) is 0 Å². The smallest absolute Gasteiger partial charge is 0.234 e. The summed E-state index contributed by atoms with van der Waals surface area (Å²) in [6.07, 6.45) is 2.21. The molecule has 0 radical (unpaired) electrons. The van der Waals surface area contributed by atoms with Gasteiger partial charge in [0.05, 0.1) is 23.0 Å². The van der Waals surface area contributed by atoms with Crippen LogP contribution in [0.25, 0.3) is 10.9 Å². The lowest BCUT2D eigenvalue weighted by Crippen LogP contribution is -2.15. The molecule has 3 aromatic rings. The standard InChI is InChI=1S/C16H16N6OS/c1-10-5-6-11-3-2-4-13(15(11)17-10)18-14(23)9-24-16-19-20-21-22(16)12-7-8-12/h2-6,12H,7-9H2,1H3,(H,18,23). The predicted molar refractivity (Wildman–Crippen MR) is 91.9 cm³/mol. The second-order valence-corrected chi connectivity index (χ2v) is 6.75. The van der Waals surface area contributed by atoms with Crippen LogP contribution in [0.15, 0.2) is 35.5 Å². The first-order chi connectivity index (χ1) is 11.7. The minimum absolute atomic E-state index is 0.0962. The van der Waals surface area contributed by atoms with E-state index in [1.165, 1.54) is 11.8 Å². The summed E-state index contributed by atoms with van der Waals surface area (Å²) in [4.78, 5) is 16.8. The van der Waals surface area contributed by atoms with Gasteiger partial charge in [0.15, 0.2) is 0 Å². The molecule has 0 atom stereocenters. The van der Waals surface area contributed by atoms with E-state index in [9.17, 15) is 4.79 Å². The zero-order valence-electron chi connectivity index (χ0n) is 13.1. The maximum atomic E-state index is 12.3. The summed E-state index contributed by atoms with van der Waals surface area (Å²) in [7, 11) is 0. The van der Waals surface area contributed by atoms with E-state index < -0.39 is 0 Å². The summed E-state index contributed by atoms with van der Waals surface area (Å²) >= 11 is 1.35. The van der Waals surface area contributed by atoms with Gasteiger partial charge in [-0.1, -0.05) is 30.0 Å². The molecule has 0 spiro atoms. The Bertz CT molecular complexity index is 904. The Morgan fingerprint density at radius 2 is 2.21 bits per heavy atom. The van der Waals surface area contributed by atoms with Crippen LogP contribution < -0.4 is 5.32 Å². The van der Waals surface area contributed by atoms with E-state index in [0.717, 1.165) is 35.1 Å². The van der Waals surface area contributed by atoms with E-state index in [0.29, 0.717) is 11.2 Å². The number of anilines is 1. The number of para-hydroxylation sites is 1. The maximum absolute atomic E-state index is 12.3. The minimum Gasteiger partial charge on any atom is -0.323 e. The van der Waals surface area contributed by atoms with Gasteiger partial charge in [0.1, 0.15) is 0 Å². The van der Waals surface area contributed by atoms with E-state index in [2.05, 4.69) is 25.8 Å². The zero-order valence-corrected chi connectivity index (χ0v) is 14.0. The number of carbonyl (C=O) groups excluding carboxylic acids is 1. The van der Waals surface area contributed by atoms with Crippen molar-refractivity contribution in [3.63, 3.8) is 0 Å². The SMILES string of the molecule is Cc1ccc2cccc(NC(=O)CSc3nnnn3C3CC3)c2n1. The molecule has 24 heavy (non-hydrogen) atoms. The molecule has 122 valence electrons. The van der Waals surface area contributed by atoms with Gasteiger partial charge in [-0.05, 0) is 42.3 Å². The third kappa shape index (κ3) is 3.09. The highest BCUT2D eigenvalue weighted by atomic mass is 32.2. The Labute approximate surface area is 142 Å². The summed E-state index contributed by atoms with van der Waals surface area (Å²) in [5.74, 6) is 0.163. The Kier molecular flexibility index (Phi) is 3.89. The van der Waals surface area contributed by atoms with Crippen molar-refractivity contribution in [2.45, 2.75) is 31.0 Å². The number of benzene rings is 1. The molecular weight excluding hydrogens is 324 g/mol. The highest BCUT2D eigenvalue weighted by Crippen LogP contribution is 2.36. The van der Waals surface area contributed by atoms with Crippen molar-refractivity contribution in [3.05, 3.63) is 36.0 Å². The normalized spacial score (nSPS) is 14.0. The molecule has 1 aliphatic rings. The lowest BCUT2D eigenvalue weighted by molar-refractivity contribution is -0.113. The minimum atomic E-state index is -0.0962. The average molecular weight is 340 g/mol. The number of aryl methyl sites for hydroxylation is 1. The van der Waals surface area contributed by atoms with Gasteiger partial charge in [0.2, 0.25) is 11.1 Å². The van der Waals surface area contributed by atoms with Crippen LogP contribution in [0.5, 0.6) is 0 Å². The molecule has 1 aromatic carbocycles. The summed E-state index contributed by atoms with van der Waals surface area (Å²) in [5.41, 5.74) is 2.45. The third-order valence-electron chi connectivity index (χ3n) is 3.82. The van der Waals surface area contributed by atoms with Gasteiger partial charge in [0.25, 0.3) is 0 Å². The molecule has 0 aliphatic heterocycles. The fraction of sp³-hybridized carbons (Fsp3) is 0.312. The molecule has 1 aliphatic carbocycles. The summed E-state index contributed by atoms with van der Waals surface area (Å²) in [6, 6.07) is 10.1. The van der Waals surface area contributed by atoms with Crippen molar-refractivity contribution in [2.75, 3.05) is 11.1 Å². The van der Waals surface area contributed by atoms with Gasteiger partial charge in [-0.15, -0.1) is 5.10 Å². The molecule has 0 saturated heterocycles. The fourth-order valence-corrected chi connectivity index (χ4v) is 3.24. The zero-order chi connectivity index (χ0) is 16.5. The number of aromatic nitrogens is 5. The highest BCUT2D eigenvalue weighted by Gasteiger charge is 2.28. The van der Waals surface area contributed by atoms with Gasteiger partial charge in [-0.25, -0.2) is 4.68 Å². The van der Waals surface area contributed by atoms with Gasteiger partial charge < -0.3 is 5.32 Å². The van der Waals surface area contributed by atoms with Crippen LogP contribution in [-0.2, 0) is 4.79 Å². The Morgan fingerprint density at radius 1 is 1.33 bits per heavy atom. The number of hydrogen-bond acceptors (Lipinski definition) is 6. The van der Waals surface area contributed by atoms with E-state index >= 15 is 0 Å². The van der Waals surface area contributed by atoms with Crippen LogP contribution in [0.1, 0.15) is 24.6 Å². The van der Waals surface area contributed by atoms with E-state index in [4.69, 9.17) is 0 Å². The number of fused-ring (bicyclic) bond motifs is 1. The molecule has 0 bridgehead atoms. The molecule has 4 rings (SSSR count). The highest BCUT2D eigenvalue weighted by molar-refractivity contribution is 7.99. The first-order valence-corrected chi connectivity index (χ1v) is 8.76. The first kappa shape index (κ1) is 15.1. The van der Waals surface area contributed by atoms with Crippen LogP contribution in [0.3, 0.4) is 0 Å². The molecule has 1 N–H and O–H groups in total. The van der Waals surface area contributed by atoms with Crippen molar-refractivity contribution in [1.82, 2.24) is 25.2 Å². The largest absolute Gasteiger partial charge is 0.323 e. The summed E-state index contributed by atoms with van der Waals surface area (Å²) in [6.45, 7) is 1.94. The van der Waals surface area contributed by atoms with Crippen LogP contribution in [0.2, 0.25) is 0 Å². The summed E-state index contributed by atoms with van der Waals surface area (Å²) in [5, 5.41) is 16.3. The molecule has 8 heteroatoms. The van der Waals surface area contributed by atoms with Crippen molar-refractivity contribution in [2.24, 2.45) is 0 Å². The van der Waals surface area contributed by atoms with E-state index in [1.807, 2.05) is 37.3 Å². The molecular formula is C16H16N6OS. The topological polar surface area (TPSA) is 85.6 Å². The monoisotopic (exact) mass is 340 g/mol. The number of rotatable bonds is 5. The third-order valence-corrected chi connectivity index (χ3v) is 4.75. The number of hydrogen-bond donors (Lipinski definition) is 1. The van der Waals surface area contributed by atoms with Gasteiger partial charge in [-0.3, -0.25) is 9.78 Å². The number of tetrazole rings is 1. The van der Waals surface area contributed by atoms with Crippen molar-refractivity contribution >= 4 is 34.3 Å².